The van der Waals surface area contributed by atoms with Crippen molar-refractivity contribution < 1.29 is 13.9 Å². The minimum atomic E-state index is -0.551. The van der Waals surface area contributed by atoms with Crippen molar-refractivity contribution in [3.05, 3.63) is 22.4 Å². The fraction of sp³-hybridized carbons (Fsp3) is 0.300. The van der Waals surface area contributed by atoms with Crippen molar-refractivity contribution in [2.45, 2.75) is 13.0 Å². The predicted molar refractivity (Wildman–Crippen MR) is 63.6 cm³/mol. The molecule has 1 unspecified atom stereocenters. The number of methoxy groups -OCH3 is 1. The molecule has 0 radical (unpaired) electrons. The van der Waals surface area contributed by atoms with E-state index in [4.69, 9.17) is 5.73 Å². The first-order valence-corrected chi connectivity index (χ1v) is 5.34. The molecule has 0 spiro atoms. The summed E-state index contributed by atoms with van der Waals surface area (Å²) in [5, 5.41) is 2.83. The summed E-state index contributed by atoms with van der Waals surface area (Å²) >= 11 is 3.04. The number of ether oxygens (including phenoxy) is 1. The topological polar surface area (TPSA) is 64.3 Å². The third-order valence-corrected chi connectivity index (χ3v) is 2.63. The Kier molecular flexibility index (Phi) is 4.12. The molecule has 1 aromatic carbocycles. The van der Waals surface area contributed by atoms with Crippen molar-refractivity contribution >= 4 is 33.3 Å². The standard InChI is InChI=1S/C10H12BrFN2O2/c1-5(10(15)16-2)14-9-3-6(11)7(12)4-8(9)13/h3-5,14H,13H2,1-2H3. The first-order valence-electron chi connectivity index (χ1n) is 4.54. The van der Waals surface area contributed by atoms with E-state index in [9.17, 15) is 9.18 Å². The van der Waals surface area contributed by atoms with E-state index in [1.807, 2.05) is 0 Å². The highest BCUT2D eigenvalue weighted by Crippen LogP contribution is 2.27. The predicted octanol–water partition coefficient (Wildman–Crippen LogP) is 2.14. The molecule has 0 saturated carbocycles. The fourth-order valence-electron chi connectivity index (χ4n) is 1.16. The highest BCUT2D eigenvalue weighted by molar-refractivity contribution is 9.10. The van der Waals surface area contributed by atoms with Gasteiger partial charge in [0.1, 0.15) is 11.9 Å². The van der Waals surface area contributed by atoms with Crippen LogP contribution in [0, 0.1) is 5.82 Å². The van der Waals surface area contributed by atoms with Gasteiger partial charge in [0.25, 0.3) is 0 Å². The molecule has 0 aliphatic carbocycles. The third kappa shape index (κ3) is 2.85. The van der Waals surface area contributed by atoms with Crippen molar-refractivity contribution in [2.24, 2.45) is 0 Å². The zero-order valence-electron chi connectivity index (χ0n) is 8.88. The Bertz CT molecular complexity index is 412. The maximum absolute atomic E-state index is 13.1. The van der Waals surface area contributed by atoms with E-state index in [2.05, 4.69) is 26.0 Å². The van der Waals surface area contributed by atoms with Crippen molar-refractivity contribution in [1.29, 1.82) is 0 Å². The minimum Gasteiger partial charge on any atom is -0.467 e. The number of benzene rings is 1. The Balaban J connectivity index is 2.89. The second-order valence-corrected chi connectivity index (χ2v) is 4.10. The molecule has 0 aliphatic heterocycles. The number of nitrogens with one attached hydrogen (secondary N) is 1. The molecule has 0 aliphatic rings. The summed E-state index contributed by atoms with van der Waals surface area (Å²) in [5.41, 5.74) is 6.32. The largest absolute Gasteiger partial charge is 0.467 e. The van der Waals surface area contributed by atoms with Gasteiger partial charge in [-0.25, -0.2) is 9.18 Å². The molecule has 16 heavy (non-hydrogen) atoms. The van der Waals surface area contributed by atoms with E-state index < -0.39 is 17.8 Å². The summed E-state index contributed by atoms with van der Waals surface area (Å²) in [6.07, 6.45) is 0. The first-order chi connectivity index (χ1) is 7.45. The zero-order valence-corrected chi connectivity index (χ0v) is 10.5. The number of halogens is 2. The van der Waals surface area contributed by atoms with Gasteiger partial charge in [-0.05, 0) is 28.9 Å². The monoisotopic (exact) mass is 290 g/mol. The summed E-state index contributed by atoms with van der Waals surface area (Å²) in [5.74, 6) is -0.867. The van der Waals surface area contributed by atoms with Gasteiger partial charge in [0.2, 0.25) is 0 Å². The lowest BCUT2D eigenvalue weighted by atomic mass is 10.2. The van der Waals surface area contributed by atoms with E-state index in [0.717, 1.165) is 0 Å². The SMILES string of the molecule is COC(=O)C(C)Nc1cc(Br)c(F)cc1N. The van der Waals surface area contributed by atoms with Gasteiger partial charge < -0.3 is 15.8 Å². The zero-order chi connectivity index (χ0) is 12.3. The van der Waals surface area contributed by atoms with Crippen molar-refractivity contribution in [2.75, 3.05) is 18.2 Å². The number of carbonyl (C=O) groups excluding carboxylic acids is 1. The fourth-order valence-corrected chi connectivity index (χ4v) is 1.50. The van der Waals surface area contributed by atoms with Crippen LogP contribution < -0.4 is 11.1 Å². The second kappa shape index (κ2) is 5.16. The molecule has 1 atom stereocenters. The van der Waals surface area contributed by atoms with E-state index >= 15 is 0 Å². The van der Waals surface area contributed by atoms with Gasteiger partial charge in [-0.1, -0.05) is 0 Å². The molecular formula is C10H12BrFN2O2. The lowest BCUT2D eigenvalue weighted by Crippen LogP contribution is -2.27. The van der Waals surface area contributed by atoms with Crippen molar-refractivity contribution in [3.63, 3.8) is 0 Å². The molecule has 0 aromatic heterocycles. The van der Waals surface area contributed by atoms with Crippen LogP contribution >= 0.6 is 15.9 Å². The number of nitrogen functional groups attached to an aromatic ring is 1. The maximum atomic E-state index is 13.1. The van der Waals surface area contributed by atoms with Gasteiger partial charge in [-0.15, -0.1) is 0 Å². The molecular weight excluding hydrogens is 279 g/mol. The van der Waals surface area contributed by atoms with Gasteiger partial charge >= 0.3 is 5.97 Å². The van der Waals surface area contributed by atoms with Crippen LogP contribution in [0.1, 0.15) is 6.92 Å². The summed E-state index contributed by atoms with van der Waals surface area (Å²) in [6, 6.07) is 2.10. The van der Waals surface area contributed by atoms with Gasteiger partial charge in [0.15, 0.2) is 0 Å². The highest BCUT2D eigenvalue weighted by atomic mass is 79.9. The summed E-state index contributed by atoms with van der Waals surface area (Å²) in [6.45, 7) is 1.63. The van der Waals surface area contributed by atoms with E-state index in [-0.39, 0.29) is 10.2 Å². The molecule has 4 nitrogen and oxygen atoms in total. The van der Waals surface area contributed by atoms with Crippen LogP contribution in [0.3, 0.4) is 0 Å². The molecule has 0 bridgehead atoms. The number of hydrogen-bond donors (Lipinski definition) is 2. The maximum Gasteiger partial charge on any atom is 0.327 e. The van der Waals surface area contributed by atoms with Crippen LogP contribution in [0.4, 0.5) is 15.8 Å². The number of rotatable bonds is 3. The average molecular weight is 291 g/mol. The van der Waals surface area contributed by atoms with Crippen LogP contribution in [0.15, 0.2) is 16.6 Å². The molecule has 3 N–H and O–H groups in total. The number of nitrogens with two attached hydrogens (primary N) is 1. The van der Waals surface area contributed by atoms with Gasteiger partial charge in [0, 0.05) is 6.07 Å². The molecule has 1 aromatic rings. The van der Waals surface area contributed by atoms with Gasteiger partial charge in [-0.2, -0.15) is 0 Å². The number of carbonyl (C=O) groups is 1. The molecule has 1 rings (SSSR count). The summed E-state index contributed by atoms with van der Waals surface area (Å²) in [7, 11) is 1.30. The van der Waals surface area contributed by atoms with E-state index in [1.54, 1.807) is 6.92 Å². The average Bonchev–Trinajstić information content (AvgIpc) is 2.24. The quantitative estimate of drug-likeness (QED) is 0.661. The first kappa shape index (κ1) is 12.8. The van der Waals surface area contributed by atoms with Crippen LogP contribution in [0.5, 0.6) is 0 Å². The number of anilines is 2. The third-order valence-electron chi connectivity index (χ3n) is 2.02. The smallest absolute Gasteiger partial charge is 0.327 e. The molecule has 88 valence electrons. The molecule has 0 heterocycles. The van der Waals surface area contributed by atoms with E-state index in [0.29, 0.717) is 5.69 Å². The second-order valence-electron chi connectivity index (χ2n) is 3.24. The van der Waals surface area contributed by atoms with Crippen molar-refractivity contribution in [3.8, 4) is 0 Å². The lowest BCUT2D eigenvalue weighted by molar-refractivity contribution is -0.141. The number of esters is 1. The van der Waals surface area contributed by atoms with Crippen LogP contribution in [0.25, 0.3) is 0 Å². The van der Waals surface area contributed by atoms with Gasteiger partial charge in [-0.3, -0.25) is 0 Å². The summed E-state index contributed by atoms with van der Waals surface area (Å²) < 4.78 is 17.9. The molecule has 6 heteroatoms. The molecule has 0 fully saturated rings. The molecule has 0 saturated heterocycles. The Hall–Kier alpha value is -1.30. The molecule has 0 amide bonds. The Morgan fingerprint density at radius 2 is 2.25 bits per heavy atom. The highest BCUT2D eigenvalue weighted by Gasteiger charge is 2.14. The number of hydrogen-bond acceptors (Lipinski definition) is 4. The van der Waals surface area contributed by atoms with E-state index in [1.165, 1.54) is 19.2 Å². The lowest BCUT2D eigenvalue weighted by Gasteiger charge is -2.15. The van der Waals surface area contributed by atoms with Gasteiger partial charge in [0.05, 0.1) is 23.0 Å². The Morgan fingerprint density at radius 1 is 1.62 bits per heavy atom. The Labute approximate surface area is 101 Å². The van der Waals surface area contributed by atoms with Crippen LogP contribution in [0.2, 0.25) is 0 Å². The van der Waals surface area contributed by atoms with Crippen LogP contribution in [-0.2, 0) is 9.53 Å². The van der Waals surface area contributed by atoms with Crippen LogP contribution in [-0.4, -0.2) is 19.1 Å². The normalized spacial score (nSPS) is 12.0. The minimum absolute atomic E-state index is 0.233. The Morgan fingerprint density at radius 3 is 2.81 bits per heavy atom. The summed E-state index contributed by atoms with van der Waals surface area (Å²) in [4.78, 5) is 11.2. The van der Waals surface area contributed by atoms with Crippen molar-refractivity contribution in [1.82, 2.24) is 0 Å².